The van der Waals surface area contributed by atoms with Crippen LogP contribution >= 0.6 is 27.5 Å². The normalized spacial score (nSPS) is 12.8. The molecule has 0 aromatic carbocycles. The molecule has 1 heterocycles. The van der Waals surface area contributed by atoms with Crippen molar-refractivity contribution in [1.82, 2.24) is 9.88 Å². The molecule has 1 rings (SSSR count). The van der Waals surface area contributed by atoms with E-state index in [0.29, 0.717) is 11.1 Å². The minimum Gasteiger partial charge on any atom is -0.365 e. The second-order valence-electron chi connectivity index (χ2n) is 4.02. The first-order valence-electron chi connectivity index (χ1n) is 5.86. The van der Waals surface area contributed by atoms with Crippen LogP contribution in [0.4, 0.5) is 5.82 Å². The van der Waals surface area contributed by atoms with E-state index in [4.69, 9.17) is 11.6 Å². The lowest BCUT2D eigenvalue weighted by Gasteiger charge is -2.24. The second kappa shape index (κ2) is 7.19. The van der Waals surface area contributed by atoms with E-state index in [9.17, 15) is 0 Å². The summed E-state index contributed by atoms with van der Waals surface area (Å²) in [5.74, 6) is 0.745. The lowest BCUT2D eigenvalue weighted by Crippen LogP contribution is -2.35. The fourth-order valence-electron chi connectivity index (χ4n) is 1.67. The van der Waals surface area contributed by atoms with Crippen LogP contribution < -0.4 is 5.32 Å². The van der Waals surface area contributed by atoms with E-state index in [-0.39, 0.29) is 0 Å². The van der Waals surface area contributed by atoms with Crippen molar-refractivity contribution in [2.75, 3.05) is 25.0 Å². The zero-order valence-corrected chi connectivity index (χ0v) is 12.8. The van der Waals surface area contributed by atoms with Gasteiger partial charge in [-0.05, 0) is 42.0 Å². The first-order valence-corrected chi connectivity index (χ1v) is 7.03. The highest BCUT2D eigenvalue weighted by Gasteiger charge is 2.09. The van der Waals surface area contributed by atoms with E-state index in [2.05, 4.69) is 51.9 Å². The molecule has 0 bridgehead atoms. The third kappa shape index (κ3) is 4.82. The largest absolute Gasteiger partial charge is 0.365 e. The van der Waals surface area contributed by atoms with Gasteiger partial charge in [0.2, 0.25) is 0 Å². The van der Waals surface area contributed by atoms with Crippen molar-refractivity contribution < 1.29 is 0 Å². The number of nitrogens with zero attached hydrogens (tertiary/aromatic N) is 2. The summed E-state index contributed by atoms with van der Waals surface area (Å²) >= 11 is 9.45. The minimum atomic E-state index is 0.320. The number of halogens is 2. The van der Waals surface area contributed by atoms with Gasteiger partial charge in [0, 0.05) is 23.3 Å². The Bertz CT molecular complexity index is 356. The molecule has 3 nitrogen and oxygen atoms in total. The van der Waals surface area contributed by atoms with E-state index in [1.54, 1.807) is 6.20 Å². The molecule has 0 aliphatic heterocycles. The third-order valence-electron chi connectivity index (χ3n) is 2.62. The molecule has 0 amide bonds. The molecular formula is C12H19BrClN3. The number of pyridine rings is 1. The number of likely N-dealkylation sites (N-methyl/N-ethyl adjacent to an activating group) is 1. The van der Waals surface area contributed by atoms with Crippen LogP contribution in [0.15, 0.2) is 16.7 Å². The quantitative estimate of drug-likeness (QED) is 0.867. The highest BCUT2D eigenvalue weighted by atomic mass is 79.9. The van der Waals surface area contributed by atoms with Crippen LogP contribution in [0.25, 0.3) is 0 Å². The molecule has 1 aromatic rings. The van der Waals surface area contributed by atoms with E-state index < -0.39 is 0 Å². The maximum absolute atomic E-state index is 6.11. The number of aromatic nitrogens is 1. The van der Waals surface area contributed by atoms with Crippen molar-refractivity contribution in [3.8, 4) is 0 Å². The summed E-state index contributed by atoms with van der Waals surface area (Å²) in [7, 11) is 0. The smallest absolute Gasteiger partial charge is 0.145 e. The minimum absolute atomic E-state index is 0.320. The third-order valence-corrected chi connectivity index (χ3v) is 3.34. The van der Waals surface area contributed by atoms with Gasteiger partial charge in [-0.15, -0.1) is 0 Å². The number of rotatable bonds is 6. The summed E-state index contributed by atoms with van der Waals surface area (Å²) in [5.41, 5.74) is 0. The zero-order chi connectivity index (χ0) is 12.8. The fourth-order valence-corrected chi connectivity index (χ4v) is 2.35. The van der Waals surface area contributed by atoms with Crippen LogP contribution in [0.3, 0.4) is 0 Å². The van der Waals surface area contributed by atoms with Crippen LogP contribution in [0.5, 0.6) is 0 Å². The standard InChI is InChI=1S/C12H19BrClN3/c1-4-17(5-2)8-9(3)16-12-11(14)6-10(13)7-15-12/h6-7,9H,4-5,8H2,1-3H3,(H,15,16). The number of hydrogen-bond acceptors (Lipinski definition) is 3. The molecule has 0 saturated carbocycles. The summed E-state index contributed by atoms with van der Waals surface area (Å²) in [4.78, 5) is 6.63. The van der Waals surface area contributed by atoms with Gasteiger partial charge in [-0.3, -0.25) is 0 Å². The van der Waals surface area contributed by atoms with Gasteiger partial charge in [-0.25, -0.2) is 4.98 Å². The molecule has 1 N–H and O–H groups in total. The van der Waals surface area contributed by atoms with Crippen LogP contribution in [0.2, 0.25) is 5.02 Å². The van der Waals surface area contributed by atoms with Crippen LogP contribution in [-0.4, -0.2) is 35.6 Å². The molecular weight excluding hydrogens is 302 g/mol. The molecule has 0 aliphatic rings. The zero-order valence-electron chi connectivity index (χ0n) is 10.5. The number of nitrogens with one attached hydrogen (secondary N) is 1. The summed E-state index contributed by atoms with van der Waals surface area (Å²) in [6, 6.07) is 2.17. The van der Waals surface area contributed by atoms with Crippen molar-refractivity contribution in [1.29, 1.82) is 0 Å². The molecule has 96 valence electrons. The Morgan fingerprint density at radius 1 is 1.47 bits per heavy atom. The number of anilines is 1. The highest BCUT2D eigenvalue weighted by molar-refractivity contribution is 9.10. The van der Waals surface area contributed by atoms with Gasteiger partial charge in [0.05, 0.1) is 5.02 Å². The van der Waals surface area contributed by atoms with Crippen molar-refractivity contribution in [2.45, 2.75) is 26.8 Å². The van der Waals surface area contributed by atoms with Crippen LogP contribution in [0.1, 0.15) is 20.8 Å². The van der Waals surface area contributed by atoms with E-state index in [0.717, 1.165) is 29.9 Å². The second-order valence-corrected chi connectivity index (χ2v) is 5.34. The Morgan fingerprint density at radius 3 is 2.65 bits per heavy atom. The summed E-state index contributed by atoms with van der Waals surface area (Å²) < 4.78 is 0.893. The molecule has 0 spiro atoms. The first-order chi connectivity index (χ1) is 8.06. The Morgan fingerprint density at radius 2 is 2.12 bits per heavy atom. The van der Waals surface area contributed by atoms with Gasteiger partial charge in [-0.1, -0.05) is 25.4 Å². The maximum atomic E-state index is 6.11. The fraction of sp³-hybridized carbons (Fsp3) is 0.583. The van der Waals surface area contributed by atoms with Gasteiger partial charge in [-0.2, -0.15) is 0 Å². The lowest BCUT2D eigenvalue weighted by atomic mass is 10.3. The van der Waals surface area contributed by atoms with Gasteiger partial charge < -0.3 is 10.2 Å². The van der Waals surface area contributed by atoms with Gasteiger partial charge in [0.15, 0.2) is 0 Å². The molecule has 0 aliphatic carbocycles. The molecule has 5 heteroatoms. The molecule has 17 heavy (non-hydrogen) atoms. The summed E-state index contributed by atoms with van der Waals surface area (Å²) in [6.45, 7) is 9.58. The van der Waals surface area contributed by atoms with Crippen molar-refractivity contribution in [3.63, 3.8) is 0 Å². The molecule has 0 radical (unpaired) electrons. The highest BCUT2D eigenvalue weighted by Crippen LogP contribution is 2.23. The predicted octanol–water partition coefficient (Wildman–Crippen LogP) is 3.64. The Hall–Kier alpha value is -0.320. The SMILES string of the molecule is CCN(CC)CC(C)Nc1ncc(Br)cc1Cl. The van der Waals surface area contributed by atoms with Crippen LogP contribution in [0, 0.1) is 0 Å². The number of hydrogen-bond donors (Lipinski definition) is 1. The van der Waals surface area contributed by atoms with Crippen molar-refractivity contribution in [2.24, 2.45) is 0 Å². The molecule has 1 aromatic heterocycles. The average molecular weight is 321 g/mol. The van der Waals surface area contributed by atoms with E-state index >= 15 is 0 Å². The Labute approximate surface area is 117 Å². The molecule has 1 unspecified atom stereocenters. The average Bonchev–Trinajstić information content (AvgIpc) is 2.29. The predicted molar refractivity (Wildman–Crippen MR) is 77.8 cm³/mol. The van der Waals surface area contributed by atoms with E-state index in [1.165, 1.54) is 0 Å². The molecule has 0 saturated heterocycles. The van der Waals surface area contributed by atoms with Gasteiger partial charge in [0.25, 0.3) is 0 Å². The van der Waals surface area contributed by atoms with Crippen molar-refractivity contribution >= 4 is 33.3 Å². The van der Waals surface area contributed by atoms with Crippen LogP contribution in [-0.2, 0) is 0 Å². The summed E-state index contributed by atoms with van der Waals surface area (Å²) in [5, 5.41) is 3.98. The topological polar surface area (TPSA) is 28.2 Å². The van der Waals surface area contributed by atoms with Gasteiger partial charge >= 0.3 is 0 Å². The Balaban J connectivity index is 2.58. The molecule has 0 fully saturated rings. The summed E-state index contributed by atoms with van der Waals surface area (Å²) in [6.07, 6.45) is 1.75. The maximum Gasteiger partial charge on any atom is 0.145 e. The lowest BCUT2D eigenvalue weighted by molar-refractivity contribution is 0.294. The van der Waals surface area contributed by atoms with E-state index in [1.807, 2.05) is 6.07 Å². The van der Waals surface area contributed by atoms with Crippen molar-refractivity contribution in [3.05, 3.63) is 21.8 Å². The molecule has 1 atom stereocenters. The first kappa shape index (κ1) is 14.7. The monoisotopic (exact) mass is 319 g/mol. The van der Waals surface area contributed by atoms with Gasteiger partial charge in [0.1, 0.15) is 5.82 Å². The Kier molecular flexibility index (Phi) is 6.23.